The summed E-state index contributed by atoms with van der Waals surface area (Å²) in [6, 6.07) is 0. The van der Waals surface area contributed by atoms with Crippen molar-refractivity contribution in [3.05, 3.63) is 18.1 Å². The number of nitrogens with zero attached hydrogens (tertiary/aromatic N) is 2. The van der Waals surface area contributed by atoms with Gasteiger partial charge in [-0.05, 0) is 25.9 Å². The predicted molar refractivity (Wildman–Crippen MR) is 56.4 cm³/mol. The van der Waals surface area contributed by atoms with Gasteiger partial charge in [0.05, 0.1) is 11.9 Å². The van der Waals surface area contributed by atoms with Gasteiger partial charge in [-0.2, -0.15) is 0 Å². The fourth-order valence-corrected chi connectivity index (χ4v) is 1.82. The molecule has 1 aliphatic heterocycles. The van der Waals surface area contributed by atoms with E-state index in [4.69, 9.17) is 0 Å². The number of nitrogens with one attached hydrogen (secondary N) is 2. The van der Waals surface area contributed by atoms with E-state index in [9.17, 15) is 0 Å². The number of rotatable bonds is 2. The van der Waals surface area contributed by atoms with Crippen LogP contribution >= 0.6 is 0 Å². The van der Waals surface area contributed by atoms with Gasteiger partial charge in [-0.3, -0.25) is 4.98 Å². The fraction of sp³-hybridized carbons (Fsp3) is 0.600. The maximum absolute atomic E-state index is 4.51. The number of hydrogen-bond donors (Lipinski definition) is 2. The van der Waals surface area contributed by atoms with Crippen LogP contribution in [-0.4, -0.2) is 30.1 Å². The van der Waals surface area contributed by atoms with Crippen molar-refractivity contribution < 1.29 is 0 Å². The first kappa shape index (κ1) is 9.40. The molecule has 1 fully saturated rings. The zero-order valence-electron chi connectivity index (χ0n) is 8.45. The quantitative estimate of drug-likeness (QED) is 0.733. The largest absolute Gasteiger partial charge is 0.372 e. The first-order valence-electron chi connectivity index (χ1n) is 5.10. The average molecular weight is 192 g/mol. The summed E-state index contributed by atoms with van der Waals surface area (Å²) in [7, 11) is 1.87. The Morgan fingerprint density at radius 2 is 2.14 bits per heavy atom. The molecule has 2 heterocycles. The van der Waals surface area contributed by atoms with E-state index in [0.29, 0.717) is 5.92 Å². The first-order valence-corrected chi connectivity index (χ1v) is 5.10. The molecular formula is C10H16N4. The summed E-state index contributed by atoms with van der Waals surface area (Å²) in [4.78, 5) is 8.70. The van der Waals surface area contributed by atoms with Crippen molar-refractivity contribution in [2.75, 3.05) is 25.5 Å². The summed E-state index contributed by atoms with van der Waals surface area (Å²) in [5.41, 5.74) is 1.12. The van der Waals surface area contributed by atoms with Crippen LogP contribution in [0.3, 0.4) is 0 Å². The lowest BCUT2D eigenvalue weighted by molar-refractivity contribution is 0.452. The predicted octanol–water partition coefficient (Wildman–Crippen LogP) is 0.985. The second kappa shape index (κ2) is 4.37. The van der Waals surface area contributed by atoms with E-state index in [-0.39, 0.29) is 0 Å². The van der Waals surface area contributed by atoms with Gasteiger partial charge in [0.15, 0.2) is 0 Å². The Labute approximate surface area is 84.2 Å². The highest BCUT2D eigenvalue weighted by atomic mass is 15.0. The van der Waals surface area contributed by atoms with Crippen LogP contribution in [0.1, 0.15) is 24.5 Å². The molecule has 0 aliphatic carbocycles. The molecule has 1 aliphatic rings. The molecule has 0 radical (unpaired) electrons. The van der Waals surface area contributed by atoms with Gasteiger partial charge < -0.3 is 10.6 Å². The first-order chi connectivity index (χ1) is 6.90. The van der Waals surface area contributed by atoms with Crippen LogP contribution in [0.5, 0.6) is 0 Å². The normalized spacial score (nSPS) is 18.1. The Morgan fingerprint density at radius 3 is 2.86 bits per heavy atom. The molecule has 1 aromatic rings. The molecule has 14 heavy (non-hydrogen) atoms. The topological polar surface area (TPSA) is 49.8 Å². The van der Waals surface area contributed by atoms with Crippen LogP contribution < -0.4 is 10.6 Å². The maximum atomic E-state index is 4.51. The fourth-order valence-electron chi connectivity index (χ4n) is 1.82. The lowest BCUT2D eigenvalue weighted by Gasteiger charge is -2.21. The zero-order valence-corrected chi connectivity index (χ0v) is 8.45. The molecule has 2 N–H and O–H groups in total. The molecule has 76 valence electrons. The molecular weight excluding hydrogens is 176 g/mol. The molecule has 4 nitrogen and oxygen atoms in total. The SMILES string of the molecule is CNc1cncc(C2CCNCC2)n1. The van der Waals surface area contributed by atoms with E-state index in [1.807, 2.05) is 13.2 Å². The minimum atomic E-state index is 0.581. The van der Waals surface area contributed by atoms with Crippen molar-refractivity contribution in [3.63, 3.8) is 0 Å². The highest BCUT2D eigenvalue weighted by Crippen LogP contribution is 2.23. The third kappa shape index (κ3) is 2.01. The van der Waals surface area contributed by atoms with Gasteiger partial charge in [0, 0.05) is 19.2 Å². The maximum Gasteiger partial charge on any atom is 0.144 e. The van der Waals surface area contributed by atoms with Crippen LogP contribution in [-0.2, 0) is 0 Å². The third-order valence-electron chi connectivity index (χ3n) is 2.67. The monoisotopic (exact) mass is 192 g/mol. The summed E-state index contributed by atoms with van der Waals surface area (Å²) in [6.07, 6.45) is 5.98. The van der Waals surface area contributed by atoms with E-state index >= 15 is 0 Å². The van der Waals surface area contributed by atoms with Gasteiger partial charge in [0.1, 0.15) is 5.82 Å². The molecule has 1 saturated heterocycles. The molecule has 1 aromatic heterocycles. The van der Waals surface area contributed by atoms with Crippen LogP contribution in [0.15, 0.2) is 12.4 Å². The van der Waals surface area contributed by atoms with Crippen molar-refractivity contribution in [3.8, 4) is 0 Å². The summed E-state index contributed by atoms with van der Waals surface area (Å²) in [6.45, 7) is 2.19. The molecule has 0 unspecified atom stereocenters. The van der Waals surface area contributed by atoms with Gasteiger partial charge >= 0.3 is 0 Å². The highest BCUT2D eigenvalue weighted by molar-refractivity contribution is 5.31. The standard InChI is InChI=1S/C10H16N4/c1-11-10-7-13-6-9(14-10)8-2-4-12-5-3-8/h6-8,12H,2-5H2,1H3,(H,11,14). The van der Waals surface area contributed by atoms with Crippen molar-refractivity contribution in [1.82, 2.24) is 15.3 Å². The molecule has 0 atom stereocenters. The molecule has 2 rings (SSSR count). The molecule has 0 amide bonds. The molecule has 0 bridgehead atoms. The third-order valence-corrected chi connectivity index (χ3v) is 2.67. The van der Waals surface area contributed by atoms with E-state index in [0.717, 1.165) is 24.6 Å². The number of aromatic nitrogens is 2. The molecule has 0 aromatic carbocycles. The van der Waals surface area contributed by atoms with E-state index in [2.05, 4.69) is 20.6 Å². The molecule has 0 spiro atoms. The van der Waals surface area contributed by atoms with Gasteiger partial charge in [-0.1, -0.05) is 0 Å². The Hall–Kier alpha value is -1.16. The van der Waals surface area contributed by atoms with Crippen molar-refractivity contribution in [1.29, 1.82) is 0 Å². The minimum Gasteiger partial charge on any atom is -0.372 e. The zero-order chi connectivity index (χ0) is 9.80. The second-order valence-corrected chi connectivity index (χ2v) is 3.60. The van der Waals surface area contributed by atoms with Crippen LogP contribution in [0.4, 0.5) is 5.82 Å². The second-order valence-electron chi connectivity index (χ2n) is 3.60. The number of anilines is 1. The van der Waals surface area contributed by atoms with Crippen molar-refractivity contribution in [2.24, 2.45) is 0 Å². The van der Waals surface area contributed by atoms with Crippen LogP contribution in [0, 0.1) is 0 Å². The number of piperidine rings is 1. The Morgan fingerprint density at radius 1 is 1.36 bits per heavy atom. The van der Waals surface area contributed by atoms with Crippen LogP contribution in [0.25, 0.3) is 0 Å². The molecule has 4 heteroatoms. The van der Waals surface area contributed by atoms with Crippen molar-refractivity contribution >= 4 is 5.82 Å². The van der Waals surface area contributed by atoms with Gasteiger partial charge in [-0.25, -0.2) is 4.98 Å². The van der Waals surface area contributed by atoms with E-state index in [1.165, 1.54) is 12.8 Å². The molecule has 0 saturated carbocycles. The Balaban J connectivity index is 2.13. The lowest BCUT2D eigenvalue weighted by Crippen LogP contribution is -2.27. The minimum absolute atomic E-state index is 0.581. The van der Waals surface area contributed by atoms with Crippen LogP contribution in [0.2, 0.25) is 0 Å². The highest BCUT2D eigenvalue weighted by Gasteiger charge is 2.16. The summed E-state index contributed by atoms with van der Waals surface area (Å²) in [5.74, 6) is 1.44. The lowest BCUT2D eigenvalue weighted by atomic mass is 9.95. The smallest absolute Gasteiger partial charge is 0.144 e. The summed E-state index contributed by atoms with van der Waals surface area (Å²) in [5, 5.41) is 6.37. The van der Waals surface area contributed by atoms with Crippen molar-refractivity contribution in [2.45, 2.75) is 18.8 Å². The Bertz CT molecular complexity index is 294. The van der Waals surface area contributed by atoms with E-state index in [1.54, 1.807) is 6.20 Å². The summed E-state index contributed by atoms with van der Waals surface area (Å²) < 4.78 is 0. The van der Waals surface area contributed by atoms with Gasteiger partial charge in [0.2, 0.25) is 0 Å². The van der Waals surface area contributed by atoms with Gasteiger partial charge in [0.25, 0.3) is 0 Å². The summed E-state index contributed by atoms with van der Waals surface area (Å²) >= 11 is 0. The average Bonchev–Trinajstić information content (AvgIpc) is 2.30. The number of hydrogen-bond acceptors (Lipinski definition) is 4. The van der Waals surface area contributed by atoms with Gasteiger partial charge in [-0.15, -0.1) is 0 Å². The van der Waals surface area contributed by atoms with E-state index < -0.39 is 0 Å². The Kier molecular flexibility index (Phi) is 2.93.